The second-order valence-electron chi connectivity index (χ2n) is 7.01. The number of halogens is 10. The summed E-state index contributed by atoms with van der Waals surface area (Å²) < 4.78 is 106. The molecular weight excluding hydrogens is 774 g/mol. The lowest BCUT2D eigenvalue weighted by Gasteiger charge is -2.06. The first-order valence-electron chi connectivity index (χ1n) is 10.5. The molecule has 14 heteroatoms. The Labute approximate surface area is 249 Å². The lowest BCUT2D eigenvalue weighted by Crippen LogP contribution is -2.00. The van der Waals surface area contributed by atoms with Crippen LogP contribution in [0.15, 0.2) is 72.4 Å². The SMILES string of the molecule is C=Cc1ccncc1.C=Cc1ccncc1.Fc1c(F)c(N=Nc2c(F)c(F)c(I)c(F)c2F)c(F)c(F)c1I. The van der Waals surface area contributed by atoms with Gasteiger partial charge in [0.15, 0.2) is 57.9 Å². The number of azo groups is 1. The van der Waals surface area contributed by atoms with E-state index in [0.717, 1.165) is 56.3 Å². The Bertz CT molecular complexity index is 1360. The van der Waals surface area contributed by atoms with Crippen LogP contribution in [0.1, 0.15) is 11.1 Å². The molecule has 0 saturated heterocycles. The van der Waals surface area contributed by atoms with E-state index in [-0.39, 0.29) is 0 Å². The standard InChI is InChI=1S/C12F8I2N2.2C7H7N/c13-1-5(17)11(6(18)2(14)9(1)21)23-24-12-7(19)3(15)10(22)4(16)8(12)20;2*1-2-7-3-5-8-6-4-7/h;2*2-6H,1H2. The Balaban J connectivity index is 0.000000282. The Morgan fingerprint density at radius 2 is 0.750 bits per heavy atom. The average Bonchev–Trinajstić information content (AvgIpc) is 2.99. The highest BCUT2D eigenvalue weighted by Crippen LogP contribution is 2.35. The molecule has 4 nitrogen and oxygen atoms in total. The highest BCUT2D eigenvalue weighted by atomic mass is 127. The van der Waals surface area contributed by atoms with Crippen LogP contribution in [0.2, 0.25) is 0 Å². The minimum Gasteiger partial charge on any atom is -0.265 e. The van der Waals surface area contributed by atoms with Crippen LogP contribution in [0.25, 0.3) is 12.2 Å². The summed E-state index contributed by atoms with van der Waals surface area (Å²) in [6, 6.07) is 7.64. The molecule has 208 valence electrons. The van der Waals surface area contributed by atoms with E-state index in [1.807, 2.05) is 24.3 Å². The first kappa shape index (κ1) is 32.9. The maximum atomic E-state index is 13.6. The number of benzene rings is 2. The molecule has 0 spiro atoms. The molecule has 0 radical (unpaired) electrons. The van der Waals surface area contributed by atoms with Gasteiger partial charge < -0.3 is 0 Å². The quantitative estimate of drug-likeness (QED) is 0.0680. The summed E-state index contributed by atoms with van der Waals surface area (Å²) >= 11 is 1.95. The summed E-state index contributed by atoms with van der Waals surface area (Å²) in [6.07, 6.45) is 10.6. The van der Waals surface area contributed by atoms with E-state index in [0.29, 0.717) is 0 Å². The van der Waals surface area contributed by atoms with Crippen molar-refractivity contribution in [2.24, 2.45) is 10.2 Å². The smallest absolute Gasteiger partial charge is 0.190 e. The molecule has 40 heavy (non-hydrogen) atoms. The van der Waals surface area contributed by atoms with Gasteiger partial charge in [-0.25, -0.2) is 35.1 Å². The van der Waals surface area contributed by atoms with Crippen LogP contribution in [0.3, 0.4) is 0 Å². The topological polar surface area (TPSA) is 50.5 Å². The molecule has 0 bridgehead atoms. The van der Waals surface area contributed by atoms with Crippen molar-refractivity contribution in [1.29, 1.82) is 0 Å². The van der Waals surface area contributed by atoms with Crippen molar-refractivity contribution in [1.82, 2.24) is 9.97 Å². The Kier molecular flexibility index (Phi) is 12.8. The molecule has 4 rings (SSSR count). The predicted octanol–water partition coefficient (Wildman–Crippen LogP) is 9.87. The summed E-state index contributed by atoms with van der Waals surface area (Å²) in [6.45, 7) is 7.21. The van der Waals surface area contributed by atoms with E-state index in [2.05, 4.69) is 33.4 Å². The van der Waals surface area contributed by atoms with Crippen molar-refractivity contribution < 1.29 is 35.1 Å². The van der Waals surface area contributed by atoms with Gasteiger partial charge in [0.2, 0.25) is 0 Å². The minimum atomic E-state index is -1.99. The van der Waals surface area contributed by atoms with Crippen LogP contribution in [-0.2, 0) is 0 Å². The van der Waals surface area contributed by atoms with Crippen molar-refractivity contribution in [2.75, 3.05) is 0 Å². The summed E-state index contributed by atoms with van der Waals surface area (Å²) in [4.78, 5) is 7.69. The van der Waals surface area contributed by atoms with Gasteiger partial charge in [0.05, 0.1) is 7.14 Å². The van der Waals surface area contributed by atoms with Gasteiger partial charge in [-0.3, -0.25) is 9.97 Å². The fourth-order valence-corrected chi connectivity index (χ4v) is 3.41. The summed E-state index contributed by atoms with van der Waals surface area (Å²) in [5, 5.41) is 5.30. The third-order valence-corrected chi connectivity index (χ3v) is 6.40. The maximum Gasteiger partial charge on any atom is 0.190 e. The first-order valence-corrected chi connectivity index (χ1v) is 12.6. The number of aromatic nitrogens is 2. The summed E-state index contributed by atoms with van der Waals surface area (Å²) in [7, 11) is 0. The number of rotatable bonds is 4. The Hall–Kier alpha value is -3.28. The minimum absolute atomic E-state index is 0.977. The molecule has 2 heterocycles. The lowest BCUT2D eigenvalue weighted by atomic mass is 10.2. The molecule has 0 saturated carbocycles. The normalized spacial score (nSPS) is 10.3. The van der Waals surface area contributed by atoms with Gasteiger partial charge in [-0.15, -0.1) is 10.2 Å². The molecule has 0 fully saturated rings. The maximum absolute atomic E-state index is 13.6. The van der Waals surface area contributed by atoms with E-state index >= 15 is 0 Å². The van der Waals surface area contributed by atoms with Gasteiger partial charge >= 0.3 is 0 Å². The van der Waals surface area contributed by atoms with Crippen LogP contribution >= 0.6 is 45.2 Å². The Morgan fingerprint density at radius 3 is 0.950 bits per heavy atom. The van der Waals surface area contributed by atoms with Gasteiger partial charge in [-0.2, -0.15) is 0 Å². The second kappa shape index (κ2) is 15.5. The van der Waals surface area contributed by atoms with Crippen molar-refractivity contribution in [3.63, 3.8) is 0 Å². The van der Waals surface area contributed by atoms with E-state index in [4.69, 9.17) is 0 Å². The van der Waals surface area contributed by atoms with Crippen LogP contribution in [-0.4, -0.2) is 9.97 Å². The van der Waals surface area contributed by atoms with Crippen molar-refractivity contribution in [3.8, 4) is 0 Å². The highest BCUT2D eigenvalue weighted by Gasteiger charge is 2.26. The van der Waals surface area contributed by atoms with Crippen LogP contribution < -0.4 is 0 Å². The van der Waals surface area contributed by atoms with Gasteiger partial charge in [-0.05, 0) is 80.6 Å². The average molecular weight is 788 g/mol. The number of nitrogens with zero attached hydrogens (tertiary/aromatic N) is 4. The second-order valence-corrected chi connectivity index (χ2v) is 9.16. The van der Waals surface area contributed by atoms with Crippen LogP contribution in [0.5, 0.6) is 0 Å². The molecular formula is C26H14F8I2N4. The third-order valence-electron chi connectivity index (χ3n) is 4.51. The van der Waals surface area contributed by atoms with E-state index in [1.165, 1.54) is 0 Å². The van der Waals surface area contributed by atoms with E-state index in [1.54, 1.807) is 36.9 Å². The Morgan fingerprint density at radius 1 is 0.500 bits per heavy atom. The fraction of sp³-hybridized carbons (Fsp3) is 0. The highest BCUT2D eigenvalue weighted by molar-refractivity contribution is 14.1. The number of pyridine rings is 2. The monoisotopic (exact) mass is 788 g/mol. The molecule has 0 amide bonds. The van der Waals surface area contributed by atoms with E-state index in [9.17, 15) is 35.1 Å². The first-order chi connectivity index (χ1) is 19.0. The van der Waals surface area contributed by atoms with Crippen molar-refractivity contribution in [2.45, 2.75) is 0 Å². The zero-order valence-electron chi connectivity index (χ0n) is 19.8. The summed E-state index contributed by atoms with van der Waals surface area (Å²) in [5.74, 6) is -15.2. The lowest BCUT2D eigenvalue weighted by molar-refractivity contribution is 0.444. The molecule has 0 N–H and O–H groups in total. The van der Waals surface area contributed by atoms with Gasteiger partial charge in [0, 0.05) is 24.8 Å². The van der Waals surface area contributed by atoms with Crippen LogP contribution in [0, 0.1) is 53.7 Å². The van der Waals surface area contributed by atoms with Gasteiger partial charge in [0.1, 0.15) is 0 Å². The number of hydrogen-bond donors (Lipinski definition) is 0. The van der Waals surface area contributed by atoms with Crippen molar-refractivity contribution >= 4 is 68.7 Å². The van der Waals surface area contributed by atoms with Crippen LogP contribution in [0.4, 0.5) is 46.5 Å². The zero-order chi connectivity index (χ0) is 30.0. The van der Waals surface area contributed by atoms with E-state index < -0.39 is 65.1 Å². The molecule has 0 aliphatic heterocycles. The zero-order valence-corrected chi connectivity index (χ0v) is 24.1. The number of hydrogen-bond acceptors (Lipinski definition) is 4. The molecule has 0 aliphatic rings. The predicted molar refractivity (Wildman–Crippen MR) is 151 cm³/mol. The molecule has 2 aromatic heterocycles. The largest absolute Gasteiger partial charge is 0.265 e. The van der Waals surface area contributed by atoms with Gasteiger partial charge in [-0.1, -0.05) is 25.3 Å². The molecule has 4 aromatic rings. The van der Waals surface area contributed by atoms with Crippen molar-refractivity contribution in [3.05, 3.63) is 127 Å². The molecule has 0 atom stereocenters. The fourth-order valence-electron chi connectivity index (χ4n) is 2.46. The van der Waals surface area contributed by atoms with Gasteiger partial charge in [0.25, 0.3) is 0 Å². The molecule has 2 aromatic carbocycles. The third kappa shape index (κ3) is 8.12. The summed E-state index contributed by atoms with van der Waals surface area (Å²) in [5.41, 5.74) is -1.08. The molecule has 0 unspecified atom stereocenters. The molecule has 0 aliphatic carbocycles.